The standard InChI is InChI=1S/C19H22N4O3S/c24-18(12-14-9-11-27(25,26)13-14)20-16-7-5-15(6-8-16)19-22-21-17-4-2-1-3-10-23(17)19/h5-9,11,14H,1-4,10,12-13H2,(H,20,24)/t14-/m1/s1. The second-order valence-electron chi connectivity index (χ2n) is 7.15. The number of aromatic nitrogens is 3. The number of nitrogens with zero attached hydrogens (tertiary/aromatic N) is 3. The largest absolute Gasteiger partial charge is 0.326 e. The lowest BCUT2D eigenvalue weighted by Crippen LogP contribution is -2.17. The molecule has 1 N–H and O–H groups in total. The van der Waals surface area contributed by atoms with Crippen molar-refractivity contribution in [2.75, 3.05) is 11.1 Å². The lowest BCUT2D eigenvalue weighted by molar-refractivity contribution is -0.116. The third kappa shape index (κ3) is 4.10. The van der Waals surface area contributed by atoms with Crippen molar-refractivity contribution in [3.8, 4) is 11.4 Å². The molecular weight excluding hydrogens is 364 g/mol. The molecule has 0 radical (unpaired) electrons. The summed E-state index contributed by atoms with van der Waals surface area (Å²) in [5.41, 5.74) is 1.66. The Labute approximate surface area is 158 Å². The molecule has 27 heavy (non-hydrogen) atoms. The molecule has 1 atom stereocenters. The van der Waals surface area contributed by atoms with E-state index in [9.17, 15) is 13.2 Å². The van der Waals surface area contributed by atoms with Crippen LogP contribution in [0.2, 0.25) is 0 Å². The molecule has 2 aliphatic rings. The van der Waals surface area contributed by atoms with Gasteiger partial charge in [0.1, 0.15) is 5.82 Å². The number of nitrogens with one attached hydrogen (secondary N) is 1. The van der Waals surface area contributed by atoms with Gasteiger partial charge in [0.2, 0.25) is 5.91 Å². The molecule has 2 aliphatic heterocycles. The zero-order valence-electron chi connectivity index (χ0n) is 15.0. The summed E-state index contributed by atoms with van der Waals surface area (Å²) in [6.07, 6.45) is 6.22. The monoisotopic (exact) mass is 386 g/mol. The Morgan fingerprint density at radius 1 is 1.15 bits per heavy atom. The van der Waals surface area contributed by atoms with Gasteiger partial charge in [0.15, 0.2) is 15.7 Å². The van der Waals surface area contributed by atoms with Crippen LogP contribution in [0.15, 0.2) is 35.7 Å². The van der Waals surface area contributed by atoms with Gasteiger partial charge in [0, 0.05) is 42.0 Å². The van der Waals surface area contributed by atoms with Crippen LogP contribution < -0.4 is 5.32 Å². The lowest BCUT2D eigenvalue weighted by Gasteiger charge is -2.10. The smallest absolute Gasteiger partial charge is 0.224 e. The van der Waals surface area contributed by atoms with Crippen LogP contribution >= 0.6 is 0 Å². The van der Waals surface area contributed by atoms with Crippen LogP contribution in [0.3, 0.4) is 0 Å². The molecule has 7 nitrogen and oxygen atoms in total. The van der Waals surface area contributed by atoms with Gasteiger partial charge in [-0.3, -0.25) is 4.79 Å². The number of hydrogen-bond acceptors (Lipinski definition) is 5. The Morgan fingerprint density at radius 2 is 1.96 bits per heavy atom. The SMILES string of the molecule is O=C(C[C@H]1C=CS(=O)(=O)C1)Nc1ccc(-c2nnc3n2CCCCC3)cc1. The Hall–Kier alpha value is -2.48. The lowest BCUT2D eigenvalue weighted by atomic mass is 10.1. The van der Waals surface area contributed by atoms with E-state index in [2.05, 4.69) is 20.1 Å². The average Bonchev–Trinajstić information content (AvgIpc) is 3.09. The number of aryl methyl sites for hydroxylation is 1. The number of rotatable bonds is 4. The van der Waals surface area contributed by atoms with Gasteiger partial charge in [-0.15, -0.1) is 10.2 Å². The van der Waals surface area contributed by atoms with Crippen LogP contribution in [0, 0.1) is 5.92 Å². The van der Waals surface area contributed by atoms with Crippen LogP contribution in [0.5, 0.6) is 0 Å². The molecule has 0 saturated heterocycles. The fourth-order valence-corrected chi connectivity index (χ4v) is 5.02. The Bertz CT molecular complexity index is 977. The maximum atomic E-state index is 12.2. The van der Waals surface area contributed by atoms with E-state index < -0.39 is 9.84 Å². The van der Waals surface area contributed by atoms with E-state index in [0.717, 1.165) is 43.0 Å². The number of fused-ring (bicyclic) bond motifs is 1. The second kappa shape index (κ2) is 7.26. The number of carbonyl (C=O) groups is 1. The van der Waals surface area contributed by atoms with Gasteiger partial charge >= 0.3 is 0 Å². The molecule has 1 aromatic carbocycles. The van der Waals surface area contributed by atoms with E-state index in [1.54, 1.807) is 6.08 Å². The minimum absolute atomic E-state index is 0.0113. The van der Waals surface area contributed by atoms with Crippen LogP contribution in [0.25, 0.3) is 11.4 Å². The normalized spacial score (nSPS) is 20.8. The first-order valence-corrected chi connectivity index (χ1v) is 10.9. The predicted octanol–water partition coefficient (Wildman–Crippen LogP) is 2.56. The highest BCUT2D eigenvalue weighted by Crippen LogP contribution is 2.24. The first-order valence-electron chi connectivity index (χ1n) is 9.23. The Kier molecular flexibility index (Phi) is 4.82. The van der Waals surface area contributed by atoms with Gasteiger partial charge in [-0.1, -0.05) is 12.5 Å². The summed E-state index contributed by atoms with van der Waals surface area (Å²) in [6, 6.07) is 7.54. The maximum Gasteiger partial charge on any atom is 0.224 e. The van der Waals surface area contributed by atoms with Crippen molar-refractivity contribution >= 4 is 21.4 Å². The minimum Gasteiger partial charge on any atom is -0.326 e. The fourth-order valence-electron chi connectivity index (χ4n) is 3.62. The molecule has 0 spiro atoms. The molecule has 4 rings (SSSR count). The molecule has 0 saturated carbocycles. The van der Waals surface area contributed by atoms with Crippen molar-refractivity contribution in [1.82, 2.24) is 14.8 Å². The van der Waals surface area contributed by atoms with Gasteiger partial charge < -0.3 is 9.88 Å². The Balaban J connectivity index is 1.42. The summed E-state index contributed by atoms with van der Waals surface area (Å²) in [6.45, 7) is 0.938. The highest BCUT2D eigenvalue weighted by Gasteiger charge is 2.24. The van der Waals surface area contributed by atoms with Crippen LogP contribution in [-0.4, -0.2) is 34.8 Å². The van der Waals surface area contributed by atoms with Crippen LogP contribution in [0.1, 0.15) is 31.5 Å². The maximum absolute atomic E-state index is 12.2. The molecule has 0 unspecified atom stereocenters. The third-order valence-corrected chi connectivity index (χ3v) is 6.45. The zero-order valence-corrected chi connectivity index (χ0v) is 15.8. The molecular formula is C19H22N4O3S. The summed E-state index contributed by atoms with van der Waals surface area (Å²) in [5, 5.41) is 12.7. The predicted molar refractivity (Wildman–Crippen MR) is 103 cm³/mol. The van der Waals surface area contributed by atoms with Gasteiger partial charge in [0.05, 0.1) is 5.75 Å². The van der Waals surface area contributed by atoms with E-state index in [4.69, 9.17) is 0 Å². The highest BCUT2D eigenvalue weighted by molar-refractivity contribution is 7.94. The molecule has 2 aromatic rings. The number of anilines is 1. The quantitative estimate of drug-likeness (QED) is 0.871. The number of hydrogen-bond donors (Lipinski definition) is 1. The summed E-state index contributed by atoms with van der Waals surface area (Å²) >= 11 is 0. The van der Waals surface area contributed by atoms with E-state index in [0.29, 0.717) is 5.69 Å². The fraction of sp³-hybridized carbons (Fsp3) is 0.421. The molecule has 0 fully saturated rings. The van der Waals surface area contributed by atoms with Crippen LogP contribution in [-0.2, 0) is 27.6 Å². The summed E-state index contributed by atoms with van der Waals surface area (Å²) in [4.78, 5) is 12.2. The average molecular weight is 386 g/mol. The van der Waals surface area contributed by atoms with Crippen LogP contribution in [0.4, 0.5) is 5.69 Å². The summed E-state index contributed by atoms with van der Waals surface area (Å²) in [7, 11) is -3.13. The first-order chi connectivity index (χ1) is 13.0. The molecule has 0 bridgehead atoms. The molecule has 0 aliphatic carbocycles. The van der Waals surface area contributed by atoms with Gasteiger partial charge in [-0.2, -0.15) is 0 Å². The number of sulfone groups is 1. The topological polar surface area (TPSA) is 93.9 Å². The molecule has 142 valence electrons. The van der Waals surface area contributed by atoms with Gasteiger partial charge in [-0.05, 0) is 37.1 Å². The number of carbonyl (C=O) groups excluding carboxylic acids is 1. The number of benzene rings is 1. The zero-order chi connectivity index (χ0) is 18.9. The van der Waals surface area contributed by atoms with E-state index in [-0.39, 0.29) is 24.0 Å². The first kappa shape index (κ1) is 17.9. The summed E-state index contributed by atoms with van der Waals surface area (Å²) < 4.78 is 25.0. The number of amides is 1. The van der Waals surface area contributed by atoms with Crippen molar-refractivity contribution in [3.05, 3.63) is 41.6 Å². The summed E-state index contributed by atoms with van der Waals surface area (Å²) in [5.74, 6) is 1.48. The van der Waals surface area contributed by atoms with E-state index >= 15 is 0 Å². The second-order valence-corrected chi connectivity index (χ2v) is 9.08. The number of allylic oxidation sites excluding steroid dienone is 1. The van der Waals surface area contributed by atoms with Gasteiger partial charge in [-0.25, -0.2) is 8.42 Å². The third-order valence-electron chi connectivity index (χ3n) is 4.99. The van der Waals surface area contributed by atoms with Crippen molar-refractivity contribution < 1.29 is 13.2 Å². The molecule has 8 heteroatoms. The molecule has 1 aromatic heterocycles. The molecule has 1 amide bonds. The highest BCUT2D eigenvalue weighted by atomic mass is 32.2. The van der Waals surface area contributed by atoms with Crippen molar-refractivity contribution in [3.63, 3.8) is 0 Å². The Morgan fingerprint density at radius 3 is 2.70 bits per heavy atom. The minimum atomic E-state index is -3.13. The van der Waals surface area contributed by atoms with Crippen molar-refractivity contribution in [2.24, 2.45) is 5.92 Å². The molecule has 3 heterocycles. The van der Waals surface area contributed by atoms with Gasteiger partial charge in [0.25, 0.3) is 0 Å². The van der Waals surface area contributed by atoms with E-state index in [1.165, 1.54) is 11.8 Å². The van der Waals surface area contributed by atoms with E-state index in [1.807, 2.05) is 24.3 Å². The van der Waals surface area contributed by atoms with Crippen molar-refractivity contribution in [1.29, 1.82) is 0 Å². The van der Waals surface area contributed by atoms with Crippen molar-refractivity contribution in [2.45, 2.75) is 38.6 Å².